The van der Waals surface area contributed by atoms with Crippen LogP contribution in [0.2, 0.25) is 0 Å². The molecule has 0 radical (unpaired) electrons. The number of allylic oxidation sites excluding steroid dienone is 1. The van der Waals surface area contributed by atoms with Crippen LogP contribution in [0.5, 0.6) is 0 Å². The quantitative estimate of drug-likeness (QED) is 0.597. The summed E-state index contributed by atoms with van der Waals surface area (Å²) in [6, 6.07) is 6.22. The number of H-pyrrole nitrogens is 1. The minimum Gasteiger partial charge on any atom is -0.331 e. The van der Waals surface area contributed by atoms with Crippen LogP contribution >= 0.6 is 50.7 Å². The zero-order valence-electron chi connectivity index (χ0n) is 7.76. The molecule has 0 aliphatic carbocycles. The van der Waals surface area contributed by atoms with Crippen LogP contribution in [-0.2, 0) is 6.54 Å². The molecule has 0 atom stereocenters. The average molecular weight is 395 g/mol. The van der Waals surface area contributed by atoms with Crippen molar-refractivity contribution in [3.05, 3.63) is 37.6 Å². The summed E-state index contributed by atoms with van der Waals surface area (Å²) < 4.78 is 4.87. The predicted octanol–water partition coefficient (Wildman–Crippen LogP) is 4.21. The monoisotopic (exact) mass is 394 g/mol. The van der Waals surface area contributed by atoms with E-state index in [2.05, 4.69) is 68.3 Å². The summed E-state index contributed by atoms with van der Waals surface area (Å²) in [6.45, 7) is 4.52. The van der Waals surface area contributed by atoms with E-state index >= 15 is 0 Å². The van der Waals surface area contributed by atoms with Gasteiger partial charge in [-0.05, 0) is 53.0 Å². The van der Waals surface area contributed by atoms with Crippen molar-refractivity contribution in [3.63, 3.8) is 0 Å². The Hall–Kier alpha value is -0.140. The molecule has 1 heterocycles. The Morgan fingerprint density at radius 3 is 3.00 bits per heavy atom. The lowest BCUT2D eigenvalue weighted by atomic mass is 10.3. The van der Waals surface area contributed by atoms with Crippen molar-refractivity contribution in [2.45, 2.75) is 6.54 Å². The normalized spacial score (nSPS) is 10.8. The van der Waals surface area contributed by atoms with E-state index in [9.17, 15) is 0 Å². The van der Waals surface area contributed by atoms with Crippen LogP contribution in [0.15, 0.2) is 29.3 Å². The molecule has 0 fully saturated rings. The van der Waals surface area contributed by atoms with Crippen molar-refractivity contribution < 1.29 is 0 Å². The fraction of sp³-hybridized carbons (Fsp3) is 0.100. The number of halogens is 2. The Morgan fingerprint density at radius 1 is 1.60 bits per heavy atom. The SMILES string of the molecule is C=C(Br)Cn1c(=S)[nH]c2cc(I)ccc21. The van der Waals surface area contributed by atoms with Gasteiger partial charge in [0.25, 0.3) is 0 Å². The third-order valence-electron chi connectivity index (χ3n) is 2.07. The number of aromatic nitrogens is 2. The Labute approximate surface area is 115 Å². The summed E-state index contributed by atoms with van der Waals surface area (Å²) in [5.74, 6) is 0. The number of aromatic amines is 1. The third kappa shape index (κ3) is 2.34. The minimum absolute atomic E-state index is 0.694. The number of imidazole rings is 1. The van der Waals surface area contributed by atoms with Gasteiger partial charge in [0, 0.05) is 8.05 Å². The number of fused-ring (bicyclic) bond motifs is 1. The topological polar surface area (TPSA) is 20.7 Å². The lowest BCUT2D eigenvalue weighted by Crippen LogP contribution is -1.96. The van der Waals surface area contributed by atoms with Crippen molar-refractivity contribution in [2.24, 2.45) is 0 Å². The summed E-state index contributed by atoms with van der Waals surface area (Å²) in [5.41, 5.74) is 2.18. The molecule has 2 rings (SSSR count). The van der Waals surface area contributed by atoms with E-state index in [4.69, 9.17) is 12.2 Å². The van der Waals surface area contributed by atoms with E-state index in [-0.39, 0.29) is 0 Å². The number of benzene rings is 1. The van der Waals surface area contributed by atoms with Gasteiger partial charge in [-0.15, -0.1) is 0 Å². The van der Waals surface area contributed by atoms with Crippen LogP contribution in [0.4, 0.5) is 0 Å². The molecule has 0 aliphatic heterocycles. The van der Waals surface area contributed by atoms with E-state index < -0.39 is 0 Å². The van der Waals surface area contributed by atoms with Gasteiger partial charge in [-0.1, -0.05) is 22.5 Å². The van der Waals surface area contributed by atoms with Crippen LogP contribution in [0.3, 0.4) is 0 Å². The van der Waals surface area contributed by atoms with Gasteiger partial charge in [0.15, 0.2) is 4.77 Å². The van der Waals surface area contributed by atoms with Crippen molar-refractivity contribution in [1.82, 2.24) is 9.55 Å². The highest BCUT2D eigenvalue weighted by atomic mass is 127. The van der Waals surface area contributed by atoms with Gasteiger partial charge in [-0.2, -0.15) is 0 Å². The second-order valence-corrected chi connectivity index (χ2v) is 5.95. The summed E-state index contributed by atoms with van der Waals surface area (Å²) in [5, 5.41) is 0. The molecule has 2 nitrogen and oxygen atoms in total. The number of hydrogen-bond acceptors (Lipinski definition) is 1. The number of rotatable bonds is 2. The Kier molecular flexibility index (Phi) is 3.32. The van der Waals surface area contributed by atoms with Crippen molar-refractivity contribution in [1.29, 1.82) is 0 Å². The minimum atomic E-state index is 0.694. The molecule has 15 heavy (non-hydrogen) atoms. The van der Waals surface area contributed by atoms with E-state index in [1.807, 2.05) is 4.57 Å². The first-order chi connectivity index (χ1) is 7.08. The molecule has 0 unspecified atom stereocenters. The molecule has 0 bridgehead atoms. The smallest absolute Gasteiger partial charge is 0.178 e. The number of hydrogen-bond donors (Lipinski definition) is 1. The van der Waals surface area contributed by atoms with Crippen LogP contribution in [0, 0.1) is 8.34 Å². The number of nitrogens with zero attached hydrogens (tertiary/aromatic N) is 1. The Morgan fingerprint density at radius 2 is 2.33 bits per heavy atom. The molecule has 78 valence electrons. The summed E-state index contributed by atoms with van der Waals surface area (Å²) in [4.78, 5) is 3.18. The van der Waals surface area contributed by atoms with Gasteiger partial charge in [0.05, 0.1) is 17.6 Å². The second kappa shape index (κ2) is 4.39. The molecule has 0 amide bonds. The first-order valence-corrected chi connectivity index (χ1v) is 6.57. The van der Waals surface area contributed by atoms with Crippen LogP contribution in [-0.4, -0.2) is 9.55 Å². The van der Waals surface area contributed by atoms with Gasteiger partial charge in [0.2, 0.25) is 0 Å². The largest absolute Gasteiger partial charge is 0.331 e. The molecule has 0 saturated heterocycles. The van der Waals surface area contributed by atoms with Gasteiger partial charge < -0.3 is 9.55 Å². The third-order valence-corrected chi connectivity index (χ3v) is 3.31. The lowest BCUT2D eigenvalue weighted by molar-refractivity contribution is 0.829. The first-order valence-electron chi connectivity index (χ1n) is 4.29. The highest BCUT2D eigenvalue weighted by Crippen LogP contribution is 2.19. The predicted molar refractivity (Wildman–Crippen MR) is 77.9 cm³/mol. The van der Waals surface area contributed by atoms with Gasteiger partial charge in [0.1, 0.15) is 0 Å². The maximum Gasteiger partial charge on any atom is 0.178 e. The summed E-state index contributed by atoms with van der Waals surface area (Å²) in [7, 11) is 0. The maximum absolute atomic E-state index is 5.26. The molecule has 0 saturated carbocycles. The van der Waals surface area contributed by atoms with Crippen LogP contribution in [0.1, 0.15) is 0 Å². The summed E-state index contributed by atoms with van der Waals surface area (Å²) >= 11 is 10.9. The van der Waals surface area contributed by atoms with Gasteiger partial charge in [-0.25, -0.2) is 0 Å². The molecular weight excluding hydrogens is 387 g/mol. The zero-order chi connectivity index (χ0) is 11.0. The zero-order valence-corrected chi connectivity index (χ0v) is 12.3. The van der Waals surface area contributed by atoms with E-state index in [0.29, 0.717) is 6.54 Å². The molecule has 2 aromatic rings. The van der Waals surface area contributed by atoms with Crippen LogP contribution < -0.4 is 0 Å². The molecule has 1 aromatic heterocycles. The maximum atomic E-state index is 5.26. The first kappa shape index (κ1) is 11.3. The van der Waals surface area contributed by atoms with Crippen molar-refractivity contribution in [2.75, 3.05) is 0 Å². The average Bonchev–Trinajstić information content (AvgIpc) is 2.41. The molecule has 1 aromatic carbocycles. The molecule has 0 aliphatic rings. The molecular formula is C10H8BrIN2S. The second-order valence-electron chi connectivity index (χ2n) is 3.20. The standard InChI is InChI=1S/C10H8BrIN2S/c1-6(11)5-14-9-3-2-7(12)4-8(9)13-10(14)15/h2-4H,1,5H2,(H,13,15). The Balaban J connectivity index is 2.68. The molecule has 5 heteroatoms. The molecule has 1 N–H and O–H groups in total. The van der Waals surface area contributed by atoms with E-state index in [1.165, 1.54) is 3.57 Å². The van der Waals surface area contributed by atoms with Gasteiger partial charge in [-0.3, -0.25) is 0 Å². The summed E-state index contributed by atoms with van der Waals surface area (Å²) in [6.07, 6.45) is 0. The highest BCUT2D eigenvalue weighted by Gasteiger charge is 2.04. The van der Waals surface area contributed by atoms with E-state index in [0.717, 1.165) is 20.3 Å². The van der Waals surface area contributed by atoms with Gasteiger partial charge >= 0.3 is 0 Å². The van der Waals surface area contributed by atoms with Crippen molar-refractivity contribution in [3.8, 4) is 0 Å². The lowest BCUT2D eigenvalue weighted by Gasteiger charge is -2.02. The highest BCUT2D eigenvalue weighted by molar-refractivity contribution is 14.1. The van der Waals surface area contributed by atoms with E-state index in [1.54, 1.807) is 0 Å². The van der Waals surface area contributed by atoms with Crippen molar-refractivity contribution >= 4 is 61.8 Å². The fourth-order valence-corrected chi connectivity index (χ4v) is 2.48. The number of nitrogens with one attached hydrogen (secondary N) is 1. The van der Waals surface area contributed by atoms with Crippen LogP contribution in [0.25, 0.3) is 11.0 Å². The fourth-order valence-electron chi connectivity index (χ4n) is 1.46. The molecule has 0 spiro atoms. The Bertz CT molecular complexity index is 585.